The number of rotatable bonds is 2. The Balaban J connectivity index is 1.74. The van der Waals surface area contributed by atoms with Gasteiger partial charge in [0.2, 0.25) is 0 Å². The molecule has 1 heterocycles. The van der Waals surface area contributed by atoms with Gasteiger partial charge in [-0.15, -0.1) is 0 Å². The van der Waals surface area contributed by atoms with Crippen LogP contribution in [-0.2, 0) is 0 Å². The van der Waals surface area contributed by atoms with Crippen LogP contribution in [-0.4, -0.2) is 17.5 Å². The standard InChI is InChI=1S/C18H20N2O/c1-14-9-11-15(12-10-14)17-8-5-13-20(17)18(21)19-16-6-3-2-4-7-16/h2-4,6-7,9-12,17H,5,8,13H2,1H3,(H,19,21)/t17-/m1/s1. The highest BCUT2D eigenvalue weighted by Gasteiger charge is 2.29. The predicted molar refractivity (Wildman–Crippen MR) is 85.3 cm³/mol. The second-order valence-electron chi connectivity index (χ2n) is 5.56. The van der Waals surface area contributed by atoms with E-state index in [1.54, 1.807) is 0 Å². The van der Waals surface area contributed by atoms with Crippen molar-refractivity contribution in [2.45, 2.75) is 25.8 Å². The van der Waals surface area contributed by atoms with Crippen molar-refractivity contribution in [3.63, 3.8) is 0 Å². The van der Waals surface area contributed by atoms with Crippen molar-refractivity contribution in [1.29, 1.82) is 0 Å². The van der Waals surface area contributed by atoms with Gasteiger partial charge in [0.15, 0.2) is 0 Å². The van der Waals surface area contributed by atoms with Gasteiger partial charge in [-0.05, 0) is 37.5 Å². The number of benzene rings is 2. The molecule has 21 heavy (non-hydrogen) atoms. The number of amides is 2. The highest BCUT2D eigenvalue weighted by atomic mass is 16.2. The van der Waals surface area contributed by atoms with Crippen molar-refractivity contribution < 1.29 is 4.79 Å². The monoisotopic (exact) mass is 280 g/mol. The summed E-state index contributed by atoms with van der Waals surface area (Å²) in [6.07, 6.45) is 2.09. The van der Waals surface area contributed by atoms with Gasteiger partial charge in [0.05, 0.1) is 6.04 Å². The average molecular weight is 280 g/mol. The number of anilines is 1. The minimum atomic E-state index is -0.00993. The molecule has 0 radical (unpaired) electrons. The lowest BCUT2D eigenvalue weighted by atomic mass is 10.0. The summed E-state index contributed by atoms with van der Waals surface area (Å²) in [5.41, 5.74) is 3.32. The van der Waals surface area contributed by atoms with E-state index in [-0.39, 0.29) is 12.1 Å². The number of hydrogen-bond acceptors (Lipinski definition) is 1. The Hall–Kier alpha value is -2.29. The van der Waals surface area contributed by atoms with Crippen LogP contribution >= 0.6 is 0 Å². The molecule has 0 aromatic heterocycles. The molecule has 108 valence electrons. The number of aryl methyl sites for hydroxylation is 1. The summed E-state index contributed by atoms with van der Waals surface area (Å²) in [5, 5.41) is 2.98. The summed E-state index contributed by atoms with van der Waals surface area (Å²) < 4.78 is 0. The molecule has 1 fully saturated rings. The Morgan fingerprint density at radius 1 is 1.10 bits per heavy atom. The van der Waals surface area contributed by atoms with E-state index in [4.69, 9.17) is 0 Å². The quantitative estimate of drug-likeness (QED) is 0.870. The first-order chi connectivity index (χ1) is 10.2. The van der Waals surface area contributed by atoms with E-state index in [9.17, 15) is 4.79 Å². The van der Waals surface area contributed by atoms with Crippen LogP contribution in [0, 0.1) is 6.92 Å². The van der Waals surface area contributed by atoms with E-state index in [0.717, 1.165) is 25.1 Å². The van der Waals surface area contributed by atoms with Crippen molar-refractivity contribution in [2.75, 3.05) is 11.9 Å². The third kappa shape index (κ3) is 3.07. The number of likely N-dealkylation sites (tertiary alicyclic amines) is 1. The van der Waals surface area contributed by atoms with Crippen molar-refractivity contribution in [1.82, 2.24) is 4.90 Å². The zero-order valence-electron chi connectivity index (χ0n) is 12.3. The molecule has 3 rings (SSSR count). The van der Waals surface area contributed by atoms with Gasteiger partial charge in [-0.25, -0.2) is 4.79 Å². The summed E-state index contributed by atoms with van der Waals surface area (Å²) in [5.74, 6) is 0. The number of nitrogens with one attached hydrogen (secondary N) is 1. The van der Waals surface area contributed by atoms with E-state index in [1.807, 2.05) is 35.2 Å². The van der Waals surface area contributed by atoms with Crippen LogP contribution in [0.4, 0.5) is 10.5 Å². The highest BCUT2D eigenvalue weighted by molar-refractivity contribution is 5.89. The molecule has 0 spiro atoms. The number of para-hydroxylation sites is 1. The third-order valence-corrected chi connectivity index (χ3v) is 4.00. The topological polar surface area (TPSA) is 32.3 Å². The molecular formula is C18H20N2O. The van der Waals surface area contributed by atoms with Gasteiger partial charge in [0.1, 0.15) is 0 Å². The normalized spacial score (nSPS) is 17.8. The van der Waals surface area contributed by atoms with Crippen molar-refractivity contribution >= 4 is 11.7 Å². The summed E-state index contributed by atoms with van der Waals surface area (Å²) in [6, 6.07) is 18.3. The average Bonchev–Trinajstić information content (AvgIpc) is 2.98. The Kier molecular flexibility index (Phi) is 3.91. The van der Waals surface area contributed by atoms with E-state index in [0.29, 0.717) is 0 Å². The van der Waals surface area contributed by atoms with Crippen molar-refractivity contribution in [3.8, 4) is 0 Å². The van der Waals surface area contributed by atoms with Gasteiger partial charge >= 0.3 is 6.03 Å². The van der Waals surface area contributed by atoms with Crippen LogP contribution in [0.15, 0.2) is 54.6 Å². The van der Waals surface area contributed by atoms with Gasteiger partial charge in [-0.3, -0.25) is 0 Å². The molecule has 1 saturated heterocycles. The van der Waals surface area contributed by atoms with Crippen LogP contribution < -0.4 is 5.32 Å². The van der Waals surface area contributed by atoms with Crippen LogP contribution in [0.5, 0.6) is 0 Å². The SMILES string of the molecule is Cc1ccc([C@H]2CCCN2C(=O)Nc2ccccc2)cc1. The first-order valence-corrected chi connectivity index (χ1v) is 7.43. The smallest absolute Gasteiger partial charge is 0.317 e. The molecule has 3 heteroatoms. The molecule has 1 atom stereocenters. The molecule has 2 aromatic carbocycles. The summed E-state index contributed by atoms with van der Waals surface area (Å²) in [6.45, 7) is 2.90. The van der Waals surface area contributed by atoms with Crippen LogP contribution in [0.3, 0.4) is 0 Å². The number of hydrogen-bond donors (Lipinski definition) is 1. The molecule has 0 unspecified atom stereocenters. The minimum Gasteiger partial charge on any atom is -0.317 e. The minimum absolute atomic E-state index is 0.00993. The molecule has 0 saturated carbocycles. The molecule has 2 amide bonds. The fraction of sp³-hybridized carbons (Fsp3) is 0.278. The van der Waals surface area contributed by atoms with Crippen molar-refractivity contribution in [2.24, 2.45) is 0 Å². The fourth-order valence-corrected chi connectivity index (χ4v) is 2.86. The number of nitrogens with zero attached hydrogens (tertiary/aromatic N) is 1. The molecular weight excluding hydrogens is 260 g/mol. The summed E-state index contributed by atoms with van der Waals surface area (Å²) >= 11 is 0. The number of carbonyl (C=O) groups excluding carboxylic acids is 1. The van der Waals surface area contributed by atoms with Crippen molar-refractivity contribution in [3.05, 3.63) is 65.7 Å². The molecule has 3 nitrogen and oxygen atoms in total. The summed E-state index contributed by atoms with van der Waals surface area (Å²) in [7, 11) is 0. The molecule has 1 aliphatic rings. The van der Waals surface area contributed by atoms with Gasteiger partial charge in [-0.2, -0.15) is 0 Å². The third-order valence-electron chi connectivity index (χ3n) is 4.00. The van der Waals surface area contributed by atoms with Gasteiger partial charge in [0.25, 0.3) is 0 Å². The zero-order valence-corrected chi connectivity index (χ0v) is 12.3. The number of urea groups is 1. The number of carbonyl (C=O) groups is 1. The lowest BCUT2D eigenvalue weighted by molar-refractivity contribution is 0.207. The van der Waals surface area contributed by atoms with E-state index in [1.165, 1.54) is 11.1 Å². The lowest BCUT2D eigenvalue weighted by Gasteiger charge is -2.25. The van der Waals surface area contributed by atoms with Crippen LogP contribution in [0.25, 0.3) is 0 Å². The first kappa shape index (κ1) is 13.7. The molecule has 2 aromatic rings. The predicted octanol–water partition coefficient (Wildman–Crippen LogP) is 4.36. The second kappa shape index (κ2) is 6.00. The Morgan fingerprint density at radius 3 is 2.52 bits per heavy atom. The van der Waals surface area contributed by atoms with E-state index < -0.39 is 0 Å². The zero-order chi connectivity index (χ0) is 14.7. The lowest BCUT2D eigenvalue weighted by Crippen LogP contribution is -2.34. The van der Waals surface area contributed by atoms with E-state index >= 15 is 0 Å². The fourth-order valence-electron chi connectivity index (χ4n) is 2.86. The van der Waals surface area contributed by atoms with Crippen LogP contribution in [0.1, 0.15) is 30.0 Å². The largest absolute Gasteiger partial charge is 0.322 e. The Morgan fingerprint density at radius 2 is 1.81 bits per heavy atom. The first-order valence-electron chi connectivity index (χ1n) is 7.43. The van der Waals surface area contributed by atoms with Gasteiger partial charge in [-0.1, -0.05) is 48.0 Å². The maximum absolute atomic E-state index is 12.5. The maximum atomic E-state index is 12.5. The Labute approximate surface area is 125 Å². The van der Waals surface area contributed by atoms with Crippen LogP contribution in [0.2, 0.25) is 0 Å². The molecule has 1 N–H and O–H groups in total. The summed E-state index contributed by atoms with van der Waals surface area (Å²) in [4.78, 5) is 14.4. The molecule has 0 bridgehead atoms. The van der Waals surface area contributed by atoms with Gasteiger partial charge in [0, 0.05) is 12.2 Å². The second-order valence-corrected chi connectivity index (χ2v) is 5.56. The molecule has 1 aliphatic heterocycles. The Bertz CT molecular complexity index is 607. The maximum Gasteiger partial charge on any atom is 0.322 e. The van der Waals surface area contributed by atoms with E-state index in [2.05, 4.69) is 36.5 Å². The molecule has 0 aliphatic carbocycles. The highest BCUT2D eigenvalue weighted by Crippen LogP contribution is 2.32. The van der Waals surface area contributed by atoms with Gasteiger partial charge < -0.3 is 10.2 Å².